The summed E-state index contributed by atoms with van der Waals surface area (Å²) in [7, 11) is 0. The average molecular weight is 307 g/mol. The molecule has 0 saturated carbocycles. The van der Waals surface area contributed by atoms with E-state index in [9.17, 15) is 14.6 Å². The van der Waals surface area contributed by atoms with Crippen LogP contribution in [0.5, 0.6) is 11.5 Å². The van der Waals surface area contributed by atoms with E-state index in [4.69, 9.17) is 16.1 Å². The van der Waals surface area contributed by atoms with Gasteiger partial charge in [-0.15, -0.1) is 0 Å². The first-order valence-electron chi connectivity index (χ1n) is 5.85. The Labute approximate surface area is 123 Å². The van der Waals surface area contributed by atoms with Crippen molar-refractivity contribution in [3.8, 4) is 34.3 Å². The van der Waals surface area contributed by atoms with Gasteiger partial charge in [-0.3, -0.25) is 0 Å². The monoisotopic (exact) mass is 306 g/mol. The zero-order valence-corrected chi connectivity index (χ0v) is 11.2. The molecule has 0 aliphatic heterocycles. The van der Waals surface area contributed by atoms with Gasteiger partial charge in [-0.1, -0.05) is 16.8 Å². The average Bonchev–Trinajstić information content (AvgIpc) is 2.90. The molecule has 3 aromatic rings. The van der Waals surface area contributed by atoms with Crippen molar-refractivity contribution in [2.75, 3.05) is 0 Å². The second-order valence-corrected chi connectivity index (χ2v) is 4.70. The second-order valence-electron chi connectivity index (χ2n) is 4.29. The second kappa shape index (κ2) is 5.06. The number of halogens is 2. The third kappa shape index (κ3) is 2.66. The molecule has 0 aliphatic rings. The van der Waals surface area contributed by atoms with E-state index in [2.05, 4.69) is 10.1 Å². The van der Waals surface area contributed by atoms with Gasteiger partial charge in [0, 0.05) is 17.2 Å². The molecule has 0 radical (unpaired) electrons. The lowest BCUT2D eigenvalue weighted by Crippen LogP contribution is -1.84. The molecule has 0 unspecified atom stereocenters. The Morgan fingerprint density at radius 1 is 1.00 bits per heavy atom. The zero-order chi connectivity index (χ0) is 15.0. The molecule has 21 heavy (non-hydrogen) atoms. The van der Waals surface area contributed by atoms with Crippen LogP contribution in [0.4, 0.5) is 4.39 Å². The first kappa shape index (κ1) is 13.4. The summed E-state index contributed by atoms with van der Waals surface area (Å²) in [5.74, 6) is -0.474. The van der Waals surface area contributed by atoms with Gasteiger partial charge < -0.3 is 14.7 Å². The molecule has 106 valence electrons. The van der Waals surface area contributed by atoms with Gasteiger partial charge in [0.2, 0.25) is 5.82 Å². The maximum absolute atomic E-state index is 13.1. The van der Waals surface area contributed by atoms with Crippen LogP contribution in [0.1, 0.15) is 0 Å². The number of aromatic hydroxyl groups is 2. The van der Waals surface area contributed by atoms with E-state index < -0.39 is 5.82 Å². The maximum Gasteiger partial charge on any atom is 0.258 e. The summed E-state index contributed by atoms with van der Waals surface area (Å²) >= 11 is 5.70. The molecule has 0 aliphatic carbocycles. The summed E-state index contributed by atoms with van der Waals surface area (Å²) in [5, 5.41) is 22.6. The fourth-order valence-corrected chi connectivity index (χ4v) is 1.99. The number of benzene rings is 2. The maximum atomic E-state index is 13.1. The molecule has 1 heterocycles. The summed E-state index contributed by atoms with van der Waals surface area (Å²) < 4.78 is 18.2. The van der Waals surface area contributed by atoms with Crippen LogP contribution in [-0.2, 0) is 0 Å². The van der Waals surface area contributed by atoms with Gasteiger partial charge in [0.05, 0.1) is 5.02 Å². The van der Waals surface area contributed by atoms with Crippen molar-refractivity contribution in [2.45, 2.75) is 0 Å². The fourth-order valence-electron chi connectivity index (χ4n) is 1.81. The number of phenolic OH excluding ortho intramolecular Hbond substituents is 2. The zero-order valence-electron chi connectivity index (χ0n) is 10.4. The predicted octanol–water partition coefficient (Wildman–Crippen LogP) is 3.61. The van der Waals surface area contributed by atoms with E-state index in [1.165, 1.54) is 36.4 Å². The van der Waals surface area contributed by atoms with E-state index in [1.807, 2.05) is 0 Å². The highest BCUT2D eigenvalue weighted by atomic mass is 35.5. The molecule has 7 heteroatoms. The van der Waals surface area contributed by atoms with Crippen LogP contribution in [-0.4, -0.2) is 20.4 Å². The Morgan fingerprint density at radius 2 is 1.71 bits per heavy atom. The Bertz CT molecular complexity index is 799. The third-order valence-electron chi connectivity index (χ3n) is 2.75. The molecule has 0 amide bonds. The number of hydrogen-bond donors (Lipinski definition) is 2. The van der Waals surface area contributed by atoms with Gasteiger partial charge in [0.15, 0.2) is 0 Å². The minimum Gasteiger partial charge on any atom is -0.508 e. The van der Waals surface area contributed by atoms with Gasteiger partial charge in [0.25, 0.3) is 5.89 Å². The van der Waals surface area contributed by atoms with Crippen LogP contribution in [0.2, 0.25) is 5.02 Å². The minimum atomic E-state index is -0.540. The van der Waals surface area contributed by atoms with Crippen molar-refractivity contribution in [1.82, 2.24) is 10.1 Å². The van der Waals surface area contributed by atoms with Gasteiger partial charge in [0.1, 0.15) is 17.3 Å². The van der Waals surface area contributed by atoms with Crippen molar-refractivity contribution in [2.24, 2.45) is 0 Å². The van der Waals surface area contributed by atoms with E-state index in [-0.39, 0.29) is 28.2 Å². The summed E-state index contributed by atoms with van der Waals surface area (Å²) in [6.45, 7) is 0. The molecule has 1 aromatic heterocycles. The first-order chi connectivity index (χ1) is 10.0. The quantitative estimate of drug-likeness (QED) is 0.756. The molecule has 2 aromatic carbocycles. The van der Waals surface area contributed by atoms with Crippen molar-refractivity contribution >= 4 is 11.6 Å². The van der Waals surface area contributed by atoms with Crippen LogP contribution in [0.15, 0.2) is 40.9 Å². The lowest BCUT2D eigenvalue weighted by molar-refractivity contribution is 0.428. The Hall–Kier alpha value is -2.60. The summed E-state index contributed by atoms with van der Waals surface area (Å²) in [6.07, 6.45) is 0. The number of aromatic nitrogens is 2. The van der Waals surface area contributed by atoms with Gasteiger partial charge in [-0.25, -0.2) is 4.39 Å². The summed E-state index contributed by atoms with van der Waals surface area (Å²) in [6, 6.07) is 7.97. The smallest absolute Gasteiger partial charge is 0.258 e. The molecule has 0 atom stereocenters. The van der Waals surface area contributed by atoms with E-state index >= 15 is 0 Å². The molecule has 0 fully saturated rings. The number of nitrogens with zero attached hydrogens (tertiary/aromatic N) is 2. The number of hydrogen-bond acceptors (Lipinski definition) is 5. The van der Waals surface area contributed by atoms with Gasteiger partial charge in [-0.05, 0) is 30.3 Å². The normalized spacial score (nSPS) is 10.8. The molecule has 2 N–H and O–H groups in total. The highest BCUT2D eigenvalue weighted by molar-refractivity contribution is 6.31. The summed E-state index contributed by atoms with van der Waals surface area (Å²) in [5.41, 5.74) is 0.847. The van der Waals surface area contributed by atoms with E-state index in [1.54, 1.807) is 0 Å². The van der Waals surface area contributed by atoms with Crippen LogP contribution in [0.25, 0.3) is 22.8 Å². The van der Waals surface area contributed by atoms with Crippen LogP contribution >= 0.6 is 11.6 Å². The van der Waals surface area contributed by atoms with E-state index in [0.29, 0.717) is 11.1 Å². The molecule has 0 bridgehead atoms. The van der Waals surface area contributed by atoms with E-state index in [0.717, 1.165) is 0 Å². The lowest BCUT2D eigenvalue weighted by atomic mass is 10.2. The topological polar surface area (TPSA) is 79.4 Å². The SMILES string of the molecule is Oc1cc(O)cc(-c2nc(-c3ccc(F)c(Cl)c3)no2)c1. The molecule has 0 saturated heterocycles. The number of rotatable bonds is 2. The van der Waals surface area contributed by atoms with Crippen molar-refractivity contribution < 1.29 is 19.1 Å². The molecular weight excluding hydrogens is 299 g/mol. The highest BCUT2D eigenvalue weighted by Gasteiger charge is 2.13. The van der Waals surface area contributed by atoms with Crippen LogP contribution in [0, 0.1) is 5.82 Å². The third-order valence-corrected chi connectivity index (χ3v) is 3.04. The molecule has 5 nitrogen and oxygen atoms in total. The standard InChI is InChI=1S/C14H8ClFN2O3/c15-11-5-7(1-2-12(11)16)13-17-14(21-18-13)8-3-9(19)6-10(20)4-8/h1-6,19-20H. The fraction of sp³-hybridized carbons (Fsp3) is 0. The van der Waals surface area contributed by atoms with Crippen molar-refractivity contribution in [3.05, 3.63) is 47.2 Å². The van der Waals surface area contributed by atoms with Crippen LogP contribution in [0.3, 0.4) is 0 Å². The number of phenols is 2. The lowest BCUT2D eigenvalue weighted by Gasteiger charge is -1.98. The Kier molecular flexibility index (Phi) is 3.23. The largest absolute Gasteiger partial charge is 0.508 e. The van der Waals surface area contributed by atoms with Crippen LogP contribution < -0.4 is 0 Å². The summed E-state index contributed by atoms with van der Waals surface area (Å²) in [4.78, 5) is 4.12. The first-order valence-corrected chi connectivity index (χ1v) is 6.23. The highest BCUT2D eigenvalue weighted by Crippen LogP contribution is 2.29. The van der Waals surface area contributed by atoms with Gasteiger partial charge >= 0.3 is 0 Å². The molecule has 3 rings (SSSR count). The predicted molar refractivity (Wildman–Crippen MR) is 73.5 cm³/mol. The van der Waals surface area contributed by atoms with Crippen molar-refractivity contribution in [1.29, 1.82) is 0 Å². The molecular formula is C14H8ClFN2O3. The Morgan fingerprint density at radius 3 is 2.38 bits per heavy atom. The molecule has 0 spiro atoms. The van der Waals surface area contributed by atoms with Gasteiger partial charge in [-0.2, -0.15) is 4.98 Å². The van der Waals surface area contributed by atoms with Crippen molar-refractivity contribution in [3.63, 3.8) is 0 Å². The minimum absolute atomic E-state index is 0.0474. The Balaban J connectivity index is 2.01.